The SMILES string of the molecule is CC1(C)[C@H](NC(=O)/C(=N\O[C@](C)(C(=O)O)[C@H]2CCc3cc(C(=N)NC4(CCCN)CC4)ccc3O2)c2csc(N)n2)C(=O)N1OS(=O)(=O)O. The van der Waals surface area contributed by atoms with Crippen molar-refractivity contribution in [1.29, 1.82) is 5.41 Å². The van der Waals surface area contributed by atoms with Crippen LogP contribution in [0.5, 0.6) is 5.75 Å². The van der Waals surface area contributed by atoms with Gasteiger partial charge in [-0.1, -0.05) is 5.16 Å². The van der Waals surface area contributed by atoms with Crippen molar-refractivity contribution in [2.24, 2.45) is 10.9 Å². The van der Waals surface area contributed by atoms with Crippen LogP contribution in [0.1, 0.15) is 69.7 Å². The number of amidine groups is 1. The highest BCUT2D eigenvalue weighted by atomic mass is 32.3. The molecule has 9 N–H and O–H groups in total. The summed E-state index contributed by atoms with van der Waals surface area (Å²) >= 11 is 0.964. The molecule has 1 aromatic heterocycles. The zero-order valence-corrected chi connectivity index (χ0v) is 28.5. The highest BCUT2D eigenvalue weighted by molar-refractivity contribution is 7.80. The number of rotatable bonds is 14. The normalized spacial score (nSPS) is 22.1. The van der Waals surface area contributed by atoms with Gasteiger partial charge in [0.25, 0.3) is 17.4 Å². The molecule has 2 amide bonds. The molecule has 0 radical (unpaired) electrons. The van der Waals surface area contributed by atoms with Gasteiger partial charge < -0.3 is 36.8 Å². The van der Waals surface area contributed by atoms with Gasteiger partial charge in [-0.15, -0.1) is 15.6 Å². The van der Waals surface area contributed by atoms with Gasteiger partial charge in [0.1, 0.15) is 23.3 Å². The maximum absolute atomic E-state index is 13.5. The minimum Gasteiger partial charge on any atom is -0.485 e. The third-order valence-corrected chi connectivity index (χ3v) is 9.88. The van der Waals surface area contributed by atoms with E-state index >= 15 is 0 Å². The molecule has 3 atom stereocenters. The van der Waals surface area contributed by atoms with E-state index < -0.39 is 57.2 Å². The Morgan fingerprint density at radius 1 is 1.33 bits per heavy atom. The van der Waals surface area contributed by atoms with E-state index in [1.165, 1.54) is 26.2 Å². The number of aryl methyl sites for hydroxylation is 1. The summed E-state index contributed by atoms with van der Waals surface area (Å²) in [5.74, 6) is -2.77. The molecule has 266 valence electrons. The lowest BCUT2D eigenvalue weighted by Gasteiger charge is -2.50. The first-order chi connectivity index (χ1) is 22.9. The number of nitrogens with zero attached hydrogens (tertiary/aromatic N) is 3. The number of aliphatic carboxylic acids is 1. The van der Waals surface area contributed by atoms with Crippen LogP contribution in [0.3, 0.4) is 0 Å². The van der Waals surface area contributed by atoms with Crippen LogP contribution in [-0.2, 0) is 40.3 Å². The Balaban J connectivity index is 1.33. The maximum atomic E-state index is 13.5. The van der Waals surface area contributed by atoms with Crippen LogP contribution in [-0.4, -0.2) is 92.8 Å². The molecule has 1 aromatic carbocycles. The molecule has 0 unspecified atom stereocenters. The van der Waals surface area contributed by atoms with Crippen LogP contribution >= 0.6 is 11.3 Å². The number of nitrogens with two attached hydrogens (primary N) is 2. The molecule has 3 heterocycles. The van der Waals surface area contributed by atoms with E-state index in [1.807, 2.05) is 6.07 Å². The lowest BCUT2D eigenvalue weighted by molar-refractivity contribution is -0.218. The maximum Gasteiger partial charge on any atom is 0.418 e. The van der Waals surface area contributed by atoms with E-state index in [4.69, 9.17) is 31.0 Å². The molecular weight excluding hydrogens is 684 g/mol. The van der Waals surface area contributed by atoms with Gasteiger partial charge in [-0.05, 0) is 89.6 Å². The van der Waals surface area contributed by atoms with Crippen LogP contribution in [0.25, 0.3) is 0 Å². The number of carbonyl (C=O) groups is 3. The topological polar surface area (TPSA) is 282 Å². The Hall–Kier alpha value is -4.37. The molecule has 0 bridgehead atoms. The van der Waals surface area contributed by atoms with Crippen molar-refractivity contribution in [3.63, 3.8) is 0 Å². The fourth-order valence-corrected chi connectivity index (χ4v) is 6.70. The van der Waals surface area contributed by atoms with Crippen LogP contribution in [0, 0.1) is 5.41 Å². The van der Waals surface area contributed by atoms with Crippen LogP contribution in [0.4, 0.5) is 5.13 Å². The van der Waals surface area contributed by atoms with E-state index in [0.717, 1.165) is 42.6 Å². The number of oxime groups is 1. The highest BCUT2D eigenvalue weighted by Crippen LogP contribution is 2.40. The lowest BCUT2D eigenvalue weighted by Crippen LogP contribution is -2.76. The first kappa shape index (κ1) is 35.9. The van der Waals surface area contributed by atoms with E-state index in [9.17, 15) is 27.9 Å². The molecule has 1 saturated carbocycles. The molecular formula is C29H38N8O10S2. The van der Waals surface area contributed by atoms with E-state index in [1.54, 1.807) is 12.1 Å². The Kier molecular flexibility index (Phi) is 9.65. The fourth-order valence-electron chi connectivity index (χ4n) is 5.69. The van der Waals surface area contributed by atoms with Gasteiger partial charge in [0.2, 0.25) is 0 Å². The Labute approximate surface area is 285 Å². The number of anilines is 1. The second-order valence-corrected chi connectivity index (χ2v) is 14.7. The molecule has 49 heavy (non-hydrogen) atoms. The van der Waals surface area contributed by atoms with Crippen molar-refractivity contribution >= 4 is 56.2 Å². The number of nitrogens with one attached hydrogen (secondary N) is 3. The summed E-state index contributed by atoms with van der Waals surface area (Å²) in [4.78, 5) is 48.3. The summed E-state index contributed by atoms with van der Waals surface area (Å²) in [6, 6.07) is 3.88. The number of amides is 2. The molecule has 0 spiro atoms. The van der Waals surface area contributed by atoms with Gasteiger partial charge >= 0.3 is 16.4 Å². The van der Waals surface area contributed by atoms with Crippen molar-refractivity contribution in [3.05, 3.63) is 40.4 Å². The largest absolute Gasteiger partial charge is 0.485 e. The summed E-state index contributed by atoms with van der Waals surface area (Å²) in [6.07, 6.45) is 3.22. The average molecular weight is 723 g/mol. The van der Waals surface area contributed by atoms with Gasteiger partial charge in [0.15, 0.2) is 16.9 Å². The first-order valence-corrected chi connectivity index (χ1v) is 17.5. The number of carboxylic acids is 1. The number of hydrogen-bond donors (Lipinski definition) is 7. The van der Waals surface area contributed by atoms with Gasteiger partial charge in [-0.2, -0.15) is 13.5 Å². The third-order valence-electron chi connectivity index (χ3n) is 8.86. The number of β-lactam (4-membered cyclic amide) rings is 1. The molecule has 2 aliphatic heterocycles. The Morgan fingerprint density at radius 3 is 2.61 bits per heavy atom. The van der Waals surface area contributed by atoms with Crippen LogP contribution < -0.4 is 26.8 Å². The fraction of sp³-hybridized carbons (Fsp3) is 0.517. The molecule has 3 aliphatic rings. The van der Waals surface area contributed by atoms with Crippen molar-refractivity contribution in [3.8, 4) is 5.75 Å². The predicted molar refractivity (Wildman–Crippen MR) is 175 cm³/mol. The standard InChI is InChI=1S/C29H38N8O10S2/c1-27(2)21(24(39)37(27)47-49(42,43)44)34-23(38)20(17-14-48-26(32)33-17)36-46-28(3,25(40)41)19-8-6-15-13-16(5-7-18(15)45-19)22(31)35-29(10-11-29)9-4-12-30/h5,7,13-14,19,21H,4,6,8-12,30H2,1-3H3,(H2,31,35)(H2,32,33)(H,34,38)(H,40,41)(H,42,43,44)/b36-20-/t19-,21-,28+/m1/s1. The number of carboxylic acid groups (broad SMARTS) is 1. The van der Waals surface area contributed by atoms with Crippen molar-refractivity contribution < 1.29 is 46.3 Å². The van der Waals surface area contributed by atoms with Gasteiger partial charge in [0, 0.05) is 16.5 Å². The second kappa shape index (κ2) is 13.2. The number of benzene rings is 1. The third kappa shape index (κ3) is 7.47. The predicted octanol–water partition coefficient (Wildman–Crippen LogP) is 0.710. The summed E-state index contributed by atoms with van der Waals surface area (Å²) in [6.45, 7) is 4.57. The number of aromatic nitrogens is 1. The Bertz CT molecular complexity index is 1810. The minimum absolute atomic E-state index is 0.0574. The van der Waals surface area contributed by atoms with Gasteiger partial charge in [-0.25, -0.2) is 9.78 Å². The molecule has 1 saturated heterocycles. The molecule has 5 rings (SSSR count). The summed E-state index contributed by atoms with van der Waals surface area (Å²) in [5, 5.41) is 30.3. The van der Waals surface area contributed by atoms with Crippen molar-refractivity contribution in [2.75, 3.05) is 12.3 Å². The number of nitrogen functional groups attached to an aromatic ring is 1. The summed E-state index contributed by atoms with van der Waals surface area (Å²) < 4.78 is 41.7. The van der Waals surface area contributed by atoms with Crippen molar-refractivity contribution in [1.82, 2.24) is 20.7 Å². The summed E-state index contributed by atoms with van der Waals surface area (Å²) in [5.41, 5.74) is 8.60. The van der Waals surface area contributed by atoms with Gasteiger partial charge in [-0.3, -0.25) is 19.6 Å². The van der Waals surface area contributed by atoms with E-state index in [2.05, 4.69) is 25.1 Å². The molecule has 2 aromatic rings. The molecule has 1 aliphatic carbocycles. The molecule has 18 nitrogen and oxygen atoms in total. The number of hydrogen-bond acceptors (Lipinski definition) is 14. The van der Waals surface area contributed by atoms with Crippen LogP contribution in [0.15, 0.2) is 28.7 Å². The van der Waals surface area contributed by atoms with Crippen LogP contribution in [0.2, 0.25) is 0 Å². The minimum atomic E-state index is -5.03. The van der Waals surface area contributed by atoms with E-state index in [0.29, 0.717) is 29.3 Å². The van der Waals surface area contributed by atoms with E-state index in [-0.39, 0.29) is 28.6 Å². The number of hydroxylamine groups is 2. The smallest absolute Gasteiger partial charge is 0.418 e. The van der Waals surface area contributed by atoms with Crippen molar-refractivity contribution in [2.45, 2.75) is 88.1 Å². The average Bonchev–Trinajstić information content (AvgIpc) is 3.67. The zero-order valence-electron chi connectivity index (χ0n) is 26.9. The number of fused-ring (bicyclic) bond motifs is 1. The zero-order chi connectivity index (χ0) is 35.9. The first-order valence-electron chi connectivity index (χ1n) is 15.3. The molecule has 20 heteroatoms. The quantitative estimate of drug-likeness (QED) is 0.0465. The highest BCUT2D eigenvalue weighted by Gasteiger charge is 2.58. The lowest BCUT2D eigenvalue weighted by atomic mass is 9.84. The number of ether oxygens (including phenoxy) is 1. The molecule has 2 fully saturated rings. The second-order valence-electron chi connectivity index (χ2n) is 12.8. The van der Waals surface area contributed by atoms with Gasteiger partial charge in [0.05, 0.1) is 5.54 Å². The number of carbonyl (C=O) groups excluding carboxylic acids is 2. The monoisotopic (exact) mass is 722 g/mol. The number of thiazole rings is 1. The summed E-state index contributed by atoms with van der Waals surface area (Å²) in [7, 11) is -5.03. The Morgan fingerprint density at radius 2 is 2.04 bits per heavy atom.